The van der Waals surface area contributed by atoms with E-state index in [-0.39, 0.29) is 29.6 Å². The van der Waals surface area contributed by atoms with Crippen LogP contribution >= 0.6 is 12.4 Å². The fourth-order valence-corrected chi connectivity index (χ4v) is 1.10. The number of hydrogen-bond donors (Lipinski definition) is 3. The highest BCUT2D eigenvalue weighted by Gasteiger charge is 2.11. The summed E-state index contributed by atoms with van der Waals surface area (Å²) in [5, 5.41) is 11.9. The summed E-state index contributed by atoms with van der Waals surface area (Å²) in [4.78, 5) is 22.4. The van der Waals surface area contributed by atoms with Gasteiger partial charge >= 0.3 is 0 Å². The van der Waals surface area contributed by atoms with E-state index >= 15 is 0 Å². The standard InChI is InChI=1S/C11H14N2O3.ClH/c1-6(12)11(16)13-9-5-8(7(2)14)3-4-10(9)15;/h3-6,15H,12H2,1-2H3,(H,13,16);1H. The number of hydrogen-bond acceptors (Lipinski definition) is 4. The van der Waals surface area contributed by atoms with Gasteiger partial charge < -0.3 is 16.2 Å². The molecule has 0 fully saturated rings. The molecule has 0 aliphatic carbocycles. The second kappa shape index (κ2) is 6.22. The maximum atomic E-state index is 11.3. The van der Waals surface area contributed by atoms with Gasteiger partial charge in [-0.2, -0.15) is 0 Å². The van der Waals surface area contributed by atoms with Crippen molar-refractivity contribution < 1.29 is 14.7 Å². The van der Waals surface area contributed by atoms with Crippen LogP contribution in [0.25, 0.3) is 0 Å². The van der Waals surface area contributed by atoms with Crippen LogP contribution in [0.3, 0.4) is 0 Å². The zero-order valence-electron chi connectivity index (χ0n) is 9.56. The average Bonchev–Trinajstić information content (AvgIpc) is 2.20. The molecule has 1 amide bonds. The van der Waals surface area contributed by atoms with Gasteiger partial charge in [-0.05, 0) is 32.0 Å². The first-order valence-electron chi connectivity index (χ1n) is 4.82. The van der Waals surface area contributed by atoms with Crippen molar-refractivity contribution in [3.63, 3.8) is 0 Å². The Morgan fingerprint density at radius 2 is 2.00 bits per heavy atom. The van der Waals surface area contributed by atoms with Crippen molar-refractivity contribution in [1.82, 2.24) is 0 Å². The molecule has 0 aromatic heterocycles. The molecule has 0 radical (unpaired) electrons. The van der Waals surface area contributed by atoms with Crippen molar-refractivity contribution in [3.05, 3.63) is 23.8 Å². The average molecular weight is 259 g/mol. The number of aromatic hydroxyl groups is 1. The van der Waals surface area contributed by atoms with Crippen molar-refractivity contribution in [2.45, 2.75) is 19.9 Å². The highest BCUT2D eigenvalue weighted by molar-refractivity contribution is 5.99. The lowest BCUT2D eigenvalue weighted by Crippen LogP contribution is -2.32. The summed E-state index contributed by atoms with van der Waals surface area (Å²) >= 11 is 0. The summed E-state index contributed by atoms with van der Waals surface area (Å²) in [7, 11) is 0. The summed E-state index contributed by atoms with van der Waals surface area (Å²) in [6.07, 6.45) is 0. The van der Waals surface area contributed by atoms with Crippen LogP contribution in [-0.2, 0) is 4.79 Å². The predicted octanol–water partition coefficient (Wildman–Crippen LogP) is 1.30. The number of anilines is 1. The lowest BCUT2D eigenvalue weighted by molar-refractivity contribution is -0.117. The molecule has 0 aliphatic rings. The first-order chi connectivity index (χ1) is 7.41. The van der Waals surface area contributed by atoms with Gasteiger partial charge in [-0.15, -0.1) is 12.4 Å². The third-order valence-corrected chi connectivity index (χ3v) is 2.07. The molecule has 6 heteroatoms. The fourth-order valence-electron chi connectivity index (χ4n) is 1.10. The molecule has 5 nitrogen and oxygen atoms in total. The Morgan fingerprint density at radius 3 is 2.47 bits per heavy atom. The van der Waals surface area contributed by atoms with Crippen molar-refractivity contribution in [2.75, 3.05) is 5.32 Å². The quantitative estimate of drug-likeness (QED) is 0.563. The summed E-state index contributed by atoms with van der Waals surface area (Å²) in [5.74, 6) is -0.661. The number of phenolic OH excluding ortho intramolecular Hbond substituents is 1. The van der Waals surface area contributed by atoms with E-state index in [0.717, 1.165) is 0 Å². The van der Waals surface area contributed by atoms with Gasteiger partial charge in [-0.25, -0.2) is 0 Å². The predicted molar refractivity (Wildman–Crippen MR) is 67.6 cm³/mol. The monoisotopic (exact) mass is 258 g/mol. The lowest BCUT2D eigenvalue weighted by atomic mass is 10.1. The molecule has 0 heterocycles. The number of benzene rings is 1. The maximum absolute atomic E-state index is 11.3. The number of rotatable bonds is 3. The van der Waals surface area contributed by atoms with Gasteiger partial charge in [-0.1, -0.05) is 0 Å². The molecule has 1 rings (SSSR count). The number of ketones is 1. The van der Waals surface area contributed by atoms with Gasteiger partial charge in [0.15, 0.2) is 5.78 Å². The normalized spacial score (nSPS) is 11.2. The van der Waals surface area contributed by atoms with Crippen LogP contribution < -0.4 is 11.1 Å². The van der Waals surface area contributed by atoms with E-state index in [1.807, 2.05) is 0 Å². The van der Waals surface area contributed by atoms with Gasteiger partial charge in [0.05, 0.1) is 11.7 Å². The molecule has 0 spiro atoms. The number of nitrogens with two attached hydrogens (primary N) is 1. The van der Waals surface area contributed by atoms with Crippen LogP contribution in [-0.4, -0.2) is 22.8 Å². The number of phenols is 1. The summed E-state index contributed by atoms with van der Waals surface area (Å²) in [5.41, 5.74) is 5.98. The van der Waals surface area contributed by atoms with Crippen LogP contribution in [0.15, 0.2) is 18.2 Å². The minimum Gasteiger partial charge on any atom is -0.506 e. The van der Waals surface area contributed by atoms with Crippen molar-refractivity contribution in [3.8, 4) is 5.75 Å². The molecule has 1 aromatic rings. The van der Waals surface area contributed by atoms with E-state index < -0.39 is 11.9 Å². The van der Waals surface area contributed by atoms with Gasteiger partial charge in [0, 0.05) is 5.56 Å². The van der Waals surface area contributed by atoms with E-state index in [0.29, 0.717) is 5.56 Å². The third-order valence-electron chi connectivity index (χ3n) is 2.07. The third kappa shape index (κ3) is 4.05. The van der Waals surface area contributed by atoms with Crippen LogP contribution in [0.1, 0.15) is 24.2 Å². The van der Waals surface area contributed by atoms with Gasteiger partial charge in [0.25, 0.3) is 0 Å². The van der Waals surface area contributed by atoms with Crippen molar-refractivity contribution in [2.24, 2.45) is 5.73 Å². The van der Waals surface area contributed by atoms with Crippen molar-refractivity contribution in [1.29, 1.82) is 0 Å². The lowest BCUT2D eigenvalue weighted by Gasteiger charge is -2.10. The van der Waals surface area contributed by atoms with Crippen LogP contribution in [0.4, 0.5) is 5.69 Å². The Hall–Kier alpha value is -1.59. The number of carbonyl (C=O) groups is 2. The van der Waals surface area contributed by atoms with Gasteiger partial charge in [0.1, 0.15) is 5.75 Å². The molecule has 1 unspecified atom stereocenters. The van der Waals surface area contributed by atoms with E-state index in [4.69, 9.17) is 5.73 Å². The highest BCUT2D eigenvalue weighted by atomic mass is 35.5. The molecule has 0 saturated heterocycles. The Morgan fingerprint density at radius 1 is 1.41 bits per heavy atom. The number of nitrogens with one attached hydrogen (secondary N) is 1. The van der Waals surface area contributed by atoms with E-state index in [1.165, 1.54) is 32.0 Å². The smallest absolute Gasteiger partial charge is 0.241 e. The molecule has 0 aliphatic heterocycles. The molecular formula is C11H15ClN2O3. The number of halogens is 1. The second-order valence-electron chi connectivity index (χ2n) is 3.57. The second-order valence-corrected chi connectivity index (χ2v) is 3.57. The number of amides is 1. The van der Waals surface area contributed by atoms with Crippen LogP contribution in [0, 0.1) is 0 Å². The fraction of sp³-hybridized carbons (Fsp3) is 0.273. The van der Waals surface area contributed by atoms with E-state index in [2.05, 4.69) is 5.32 Å². The first-order valence-corrected chi connectivity index (χ1v) is 4.82. The number of Topliss-reactive ketones (excluding diaryl/α,β-unsaturated/α-hetero) is 1. The zero-order valence-corrected chi connectivity index (χ0v) is 10.4. The van der Waals surface area contributed by atoms with Crippen LogP contribution in [0.5, 0.6) is 5.75 Å². The zero-order chi connectivity index (χ0) is 12.3. The molecule has 0 saturated carbocycles. The van der Waals surface area contributed by atoms with Gasteiger partial charge in [0.2, 0.25) is 5.91 Å². The molecule has 17 heavy (non-hydrogen) atoms. The highest BCUT2D eigenvalue weighted by Crippen LogP contribution is 2.24. The Balaban J connectivity index is 0.00000256. The Kier molecular flexibility index (Phi) is 5.64. The Labute approximate surface area is 105 Å². The first kappa shape index (κ1) is 15.4. The van der Waals surface area contributed by atoms with Crippen molar-refractivity contribution >= 4 is 29.8 Å². The van der Waals surface area contributed by atoms with Crippen LogP contribution in [0.2, 0.25) is 0 Å². The summed E-state index contributed by atoms with van der Waals surface area (Å²) < 4.78 is 0. The molecular weight excluding hydrogens is 244 g/mol. The summed E-state index contributed by atoms with van der Waals surface area (Å²) in [6, 6.07) is 3.57. The molecule has 94 valence electrons. The van der Waals surface area contributed by atoms with E-state index in [1.54, 1.807) is 0 Å². The maximum Gasteiger partial charge on any atom is 0.241 e. The molecule has 1 aromatic carbocycles. The molecule has 4 N–H and O–H groups in total. The molecule has 0 bridgehead atoms. The summed E-state index contributed by atoms with van der Waals surface area (Å²) in [6.45, 7) is 2.94. The van der Waals surface area contributed by atoms with Gasteiger partial charge in [-0.3, -0.25) is 9.59 Å². The minimum absolute atomic E-state index is 0. The van der Waals surface area contributed by atoms with E-state index in [9.17, 15) is 14.7 Å². The largest absolute Gasteiger partial charge is 0.506 e. The Bertz CT molecular complexity index is 433. The SMILES string of the molecule is CC(=O)c1ccc(O)c(NC(=O)C(C)N)c1.Cl. The minimum atomic E-state index is -0.680. The number of carbonyl (C=O) groups excluding carboxylic acids is 2. The topological polar surface area (TPSA) is 92.4 Å². The molecule has 1 atom stereocenters.